The third kappa shape index (κ3) is 4.38. The van der Waals surface area contributed by atoms with E-state index in [1.807, 2.05) is 54.3 Å². The zero-order valence-corrected chi connectivity index (χ0v) is 22.2. The number of carbonyl (C=O) groups is 3. The van der Waals surface area contributed by atoms with Crippen molar-refractivity contribution < 1.29 is 14.4 Å². The van der Waals surface area contributed by atoms with Gasteiger partial charge in [-0.3, -0.25) is 14.4 Å². The summed E-state index contributed by atoms with van der Waals surface area (Å²) in [4.78, 5) is 52.6. The average Bonchev–Trinajstić information content (AvgIpc) is 3.62. The van der Waals surface area contributed by atoms with Gasteiger partial charge in [0.15, 0.2) is 5.82 Å². The van der Waals surface area contributed by atoms with Crippen LogP contribution in [0.1, 0.15) is 36.9 Å². The molecule has 1 fully saturated rings. The van der Waals surface area contributed by atoms with Crippen molar-refractivity contribution in [3.05, 3.63) is 83.4 Å². The van der Waals surface area contributed by atoms with Crippen LogP contribution in [-0.2, 0) is 0 Å². The van der Waals surface area contributed by atoms with Crippen LogP contribution in [0.15, 0.2) is 60.9 Å². The summed E-state index contributed by atoms with van der Waals surface area (Å²) in [6, 6.07) is 14.9. The highest BCUT2D eigenvalue weighted by molar-refractivity contribution is 6.20. The molecule has 0 aliphatic carbocycles. The normalized spacial score (nSPS) is 14.1. The molecule has 1 aliphatic rings. The van der Waals surface area contributed by atoms with Gasteiger partial charge in [-0.1, -0.05) is 24.3 Å². The molecule has 1 saturated heterocycles. The molecule has 5 aromatic rings. The smallest absolute Gasteiger partial charge is 0.291 e. The molecule has 0 atom stereocenters. The fraction of sp³-hybridized carbons (Fsp3) is 0.200. The number of nitrogens with one attached hydrogen (secondary N) is 3. The second kappa shape index (κ2) is 9.97. The van der Waals surface area contributed by atoms with Crippen LogP contribution in [-0.4, -0.2) is 75.7 Å². The quantitative estimate of drug-likeness (QED) is 0.271. The summed E-state index contributed by atoms with van der Waals surface area (Å²) in [6.45, 7) is 4.98. The molecule has 10 heteroatoms. The van der Waals surface area contributed by atoms with Gasteiger partial charge >= 0.3 is 0 Å². The van der Waals surface area contributed by atoms with Crippen molar-refractivity contribution >= 4 is 45.2 Å². The van der Waals surface area contributed by atoms with Crippen LogP contribution >= 0.6 is 0 Å². The predicted octanol–water partition coefficient (Wildman–Crippen LogP) is 3.76. The molecule has 0 bridgehead atoms. The monoisotopic (exact) mass is 535 g/mol. The molecule has 10 nitrogen and oxygen atoms in total. The molecular formula is C30H29N7O3. The zero-order chi connectivity index (χ0) is 28.0. The third-order valence-corrected chi connectivity index (χ3v) is 7.64. The highest BCUT2D eigenvalue weighted by atomic mass is 16.2. The van der Waals surface area contributed by atoms with Crippen molar-refractivity contribution in [2.75, 3.05) is 38.5 Å². The van der Waals surface area contributed by atoms with Crippen molar-refractivity contribution in [3.8, 4) is 11.1 Å². The Labute approximate surface area is 230 Å². The third-order valence-electron chi connectivity index (χ3n) is 7.64. The molecule has 202 valence electrons. The molecule has 0 unspecified atom stereocenters. The summed E-state index contributed by atoms with van der Waals surface area (Å²) < 4.78 is 0. The Hall–Kier alpha value is -4.96. The summed E-state index contributed by atoms with van der Waals surface area (Å²) in [5.41, 5.74) is 11.3. The second-order valence-corrected chi connectivity index (χ2v) is 10.1. The lowest BCUT2D eigenvalue weighted by molar-refractivity contribution is 0.0664. The number of nitrogens with zero attached hydrogens (tertiary/aromatic N) is 3. The van der Waals surface area contributed by atoms with E-state index >= 15 is 0 Å². The number of nitrogens with two attached hydrogens (primary N) is 1. The first-order valence-corrected chi connectivity index (χ1v) is 13.1. The van der Waals surface area contributed by atoms with Gasteiger partial charge < -0.3 is 30.8 Å². The average molecular weight is 536 g/mol. The van der Waals surface area contributed by atoms with Crippen molar-refractivity contribution in [3.63, 3.8) is 0 Å². The van der Waals surface area contributed by atoms with Gasteiger partial charge in [-0.05, 0) is 54.9 Å². The number of fused-ring (bicyclic) bond motifs is 3. The topological polar surface area (TPSA) is 140 Å². The molecule has 2 aromatic heterocycles. The number of aromatic amines is 2. The Bertz CT molecular complexity index is 1780. The summed E-state index contributed by atoms with van der Waals surface area (Å²) in [5, 5.41) is 4.62. The van der Waals surface area contributed by atoms with Crippen molar-refractivity contribution in [1.82, 2.24) is 24.8 Å². The minimum absolute atomic E-state index is 0.0140. The number of imidazole rings is 1. The Morgan fingerprint density at radius 2 is 1.80 bits per heavy atom. The van der Waals surface area contributed by atoms with E-state index in [2.05, 4.69) is 32.2 Å². The number of benzene rings is 3. The van der Waals surface area contributed by atoms with Crippen LogP contribution in [0.25, 0.3) is 32.9 Å². The number of hydrogen-bond donors (Lipinski definition) is 4. The number of H-pyrrole nitrogens is 2. The number of rotatable bonds is 5. The van der Waals surface area contributed by atoms with Crippen LogP contribution < -0.4 is 11.1 Å². The van der Waals surface area contributed by atoms with E-state index in [0.717, 1.165) is 46.1 Å². The van der Waals surface area contributed by atoms with Crippen LogP contribution in [0.5, 0.6) is 0 Å². The maximum absolute atomic E-state index is 13.3. The standard InChI is InChI=1S/C30H29N7O3/c1-17-19(4-3-5-23(17)35-29(39)28-32-10-11-33-28)20-8-9-22(27(31)38)26-25(20)21-7-6-18(16-24(21)34-26)30(40)37-14-12-36(2)13-15-37/h3-11,16,34H,12-15H2,1-2H3,(H2,31,38)(H,32,33)(H,35,39). The van der Waals surface area contributed by atoms with E-state index in [1.165, 1.54) is 6.20 Å². The van der Waals surface area contributed by atoms with Gasteiger partial charge in [0.05, 0.1) is 11.1 Å². The first-order chi connectivity index (χ1) is 19.3. The fourth-order valence-corrected chi connectivity index (χ4v) is 5.40. The van der Waals surface area contributed by atoms with E-state index in [-0.39, 0.29) is 17.6 Å². The number of piperazine rings is 1. The predicted molar refractivity (Wildman–Crippen MR) is 154 cm³/mol. The van der Waals surface area contributed by atoms with Crippen molar-refractivity contribution in [2.24, 2.45) is 5.73 Å². The highest BCUT2D eigenvalue weighted by Gasteiger charge is 2.23. The Balaban J connectivity index is 1.45. The summed E-state index contributed by atoms with van der Waals surface area (Å²) in [5.74, 6) is -0.687. The molecule has 3 aromatic carbocycles. The highest BCUT2D eigenvalue weighted by Crippen LogP contribution is 2.39. The van der Waals surface area contributed by atoms with E-state index in [1.54, 1.807) is 12.3 Å². The largest absolute Gasteiger partial charge is 0.366 e. The molecule has 0 spiro atoms. The van der Waals surface area contributed by atoms with Crippen LogP contribution in [0.2, 0.25) is 0 Å². The van der Waals surface area contributed by atoms with Gasteiger partial charge in [0.1, 0.15) is 0 Å². The summed E-state index contributed by atoms with van der Waals surface area (Å²) >= 11 is 0. The molecule has 0 radical (unpaired) electrons. The number of carbonyl (C=O) groups excluding carboxylic acids is 3. The van der Waals surface area contributed by atoms with Gasteiger partial charge in [-0.15, -0.1) is 0 Å². The van der Waals surface area contributed by atoms with Gasteiger partial charge in [-0.2, -0.15) is 0 Å². The van der Waals surface area contributed by atoms with Crippen molar-refractivity contribution in [2.45, 2.75) is 6.92 Å². The Morgan fingerprint density at radius 3 is 2.52 bits per heavy atom. The summed E-state index contributed by atoms with van der Waals surface area (Å²) in [6.07, 6.45) is 3.12. The molecule has 1 aliphatic heterocycles. The van der Waals surface area contributed by atoms with Crippen LogP contribution in [0, 0.1) is 6.92 Å². The Morgan fingerprint density at radius 1 is 1.00 bits per heavy atom. The number of primary amides is 1. The first kappa shape index (κ1) is 25.3. The van der Waals surface area contributed by atoms with Crippen molar-refractivity contribution in [1.29, 1.82) is 0 Å². The summed E-state index contributed by atoms with van der Waals surface area (Å²) in [7, 11) is 2.05. The molecule has 3 heterocycles. The number of amides is 3. The van der Waals surface area contributed by atoms with Crippen LogP contribution in [0.3, 0.4) is 0 Å². The lowest BCUT2D eigenvalue weighted by Gasteiger charge is -2.32. The number of likely N-dealkylation sites (N-methyl/N-ethyl adjacent to an activating group) is 1. The zero-order valence-electron chi connectivity index (χ0n) is 22.2. The van der Waals surface area contributed by atoms with Gasteiger partial charge in [0, 0.05) is 66.1 Å². The first-order valence-electron chi connectivity index (χ1n) is 13.1. The maximum Gasteiger partial charge on any atom is 0.291 e. The van der Waals surface area contributed by atoms with E-state index in [4.69, 9.17) is 5.73 Å². The lowest BCUT2D eigenvalue weighted by Crippen LogP contribution is -2.47. The van der Waals surface area contributed by atoms with Gasteiger partial charge in [0.25, 0.3) is 17.7 Å². The van der Waals surface area contributed by atoms with Gasteiger partial charge in [-0.25, -0.2) is 4.98 Å². The van der Waals surface area contributed by atoms with E-state index in [0.29, 0.717) is 35.4 Å². The number of hydrogen-bond acceptors (Lipinski definition) is 5. The molecule has 40 heavy (non-hydrogen) atoms. The fourth-order valence-electron chi connectivity index (χ4n) is 5.40. The van der Waals surface area contributed by atoms with E-state index in [9.17, 15) is 14.4 Å². The minimum Gasteiger partial charge on any atom is -0.366 e. The van der Waals surface area contributed by atoms with E-state index < -0.39 is 5.91 Å². The molecule has 5 N–H and O–H groups in total. The molecule has 6 rings (SSSR count). The Kier molecular flexibility index (Phi) is 6.31. The SMILES string of the molecule is Cc1c(NC(=O)c2ncc[nH]2)cccc1-c1ccc(C(N)=O)c2[nH]c3cc(C(=O)N4CCN(C)CC4)ccc3c12. The maximum atomic E-state index is 13.3. The minimum atomic E-state index is -0.548. The second-order valence-electron chi connectivity index (χ2n) is 10.1. The van der Waals surface area contributed by atoms with Crippen LogP contribution in [0.4, 0.5) is 5.69 Å². The van der Waals surface area contributed by atoms with Gasteiger partial charge in [0.2, 0.25) is 0 Å². The molecule has 0 saturated carbocycles. The number of aromatic nitrogens is 3. The molecular weight excluding hydrogens is 506 g/mol. The molecule has 3 amide bonds. The number of anilines is 1. The lowest BCUT2D eigenvalue weighted by atomic mass is 9.93.